The van der Waals surface area contributed by atoms with Crippen molar-refractivity contribution in [2.45, 2.75) is 43.6 Å². The molecular formula is C10H16N2O5. The van der Waals surface area contributed by atoms with E-state index in [-0.39, 0.29) is 18.2 Å². The molecule has 0 radical (unpaired) electrons. The number of fused-ring (bicyclic) bond motifs is 2. The SMILES string of the molecule is O=C(NC1CC2CCC1O2)N[C@H](CO)C(=O)O. The van der Waals surface area contributed by atoms with Crippen LogP contribution >= 0.6 is 0 Å². The van der Waals surface area contributed by atoms with E-state index in [4.69, 9.17) is 14.9 Å². The zero-order chi connectivity index (χ0) is 12.4. The molecule has 2 bridgehead atoms. The molecule has 4 atom stereocenters. The summed E-state index contributed by atoms with van der Waals surface area (Å²) in [6, 6.07) is -1.90. The third-order valence-corrected chi connectivity index (χ3v) is 3.21. The summed E-state index contributed by atoms with van der Waals surface area (Å²) in [5, 5.41) is 22.3. The van der Waals surface area contributed by atoms with Gasteiger partial charge in [-0.05, 0) is 19.3 Å². The van der Waals surface area contributed by atoms with E-state index >= 15 is 0 Å². The number of ether oxygens (including phenoxy) is 1. The van der Waals surface area contributed by atoms with Gasteiger partial charge in [-0.3, -0.25) is 0 Å². The highest BCUT2D eigenvalue weighted by molar-refractivity contribution is 5.82. The number of aliphatic hydroxyl groups is 1. The van der Waals surface area contributed by atoms with E-state index in [2.05, 4.69) is 10.6 Å². The Kier molecular flexibility index (Phi) is 3.49. The van der Waals surface area contributed by atoms with Crippen molar-refractivity contribution in [1.29, 1.82) is 0 Å². The number of urea groups is 1. The van der Waals surface area contributed by atoms with Crippen LogP contribution in [-0.4, -0.2) is 53.1 Å². The summed E-state index contributed by atoms with van der Waals surface area (Å²) in [7, 11) is 0. The minimum Gasteiger partial charge on any atom is -0.480 e. The Morgan fingerprint density at radius 3 is 2.65 bits per heavy atom. The maximum Gasteiger partial charge on any atom is 0.328 e. The van der Waals surface area contributed by atoms with E-state index in [0.29, 0.717) is 0 Å². The lowest BCUT2D eigenvalue weighted by Crippen LogP contribution is -2.52. The number of carboxylic acid groups (broad SMARTS) is 1. The van der Waals surface area contributed by atoms with Crippen LogP contribution in [0.25, 0.3) is 0 Å². The highest BCUT2D eigenvalue weighted by Gasteiger charge is 2.41. The molecular weight excluding hydrogens is 228 g/mol. The molecule has 0 saturated carbocycles. The fraction of sp³-hybridized carbons (Fsp3) is 0.800. The minimum atomic E-state index is -1.27. The first-order valence-corrected chi connectivity index (χ1v) is 5.66. The standard InChI is InChI=1S/C10H16N2O5/c13-4-7(9(14)15)12-10(16)11-6-3-5-1-2-8(6)17-5/h5-8,13H,1-4H2,(H,14,15)(H2,11,12,16)/t5?,6?,7-,8?/m1/s1. The summed E-state index contributed by atoms with van der Waals surface area (Å²) in [6.45, 7) is -0.629. The van der Waals surface area contributed by atoms with Crippen molar-refractivity contribution in [3.8, 4) is 0 Å². The van der Waals surface area contributed by atoms with E-state index < -0.39 is 24.6 Å². The first kappa shape index (κ1) is 12.1. The van der Waals surface area contributed by atoms with Crippen LogP contribution in [-0.2, 0) is 9.53 Å². The van der Waals surface area contributed by atoms with Gasteiger partial charge in [0.1, 0.15) is 0 Å². The van der Waals surface area contributed by atoms with Crippen LogP contribution in [0.1, 0.15) is 19.3 Å². The van der Waals surface area contributed by atoms with Crippen LogP contribution in [0.5, 0.6) is 0 Å². The Morgan fingerprint density at radius 2 is 2.18 bits per heavy atom. The number of aliphatic carboxylic acids is 1. The maximum atomic E-state index is 11.5. The first-order valence-electron chi connectivity index (χ1n) is 5.66. The fourth-order valence-electron chi connectivity index (χ4n) is 2.34. The van der Waals surface area contributed by atoms with Crippen LogP contribution in [0.4, 0.5) is 4.79 Å². The van der Waals surface area contributed by atoms with Crippen molar-refractivity contribution in [2.75, 3.05) is 6.61 Å². The van der Waals surface area contributed by atoms with Crippen molar-refractivity contribution in [2.24, 2.45) is 0 Å². The number of hydrogen-bond donors (Lipinski definition) is 4. The molecule has 0 aromatic carbocycles. The van der Waals surface area contributed by atoms with Gasteiger partial charge in [-0.1, -0.05) is 0 Å². The second kappa shape index (κ2) is 4.89. The van der Waals surface area contributed by atoms with Crippen LogP contribution in [0.3, 0.4) is 0 Å². The summed E-state index contributed by atoms with van der Waals surface area (Å²) in [5.74, 6) is -1.26. The molecule has 2 fully saturated rings. The quantitative estimate of drug-likeness (QED) is 0.510. The number of nitrogens with one attached hydrogen (secondary N) is 2. The molecule has 96 valence electrons. The lowest BCUT2D eigenvalue weighted by molar-refractivity contribution is -0.140. The van der Waals surface area contributed by atoms with E-state index in [1.165, 1.54) is 0 Å². The van der Waals surface area contributed by atoms with Gasteiger partial charge in [0, 0.05) is 0 Å². The summed E-state index contributed by atoms with van der Waals surface area (Å²) in [5.41, 5.74) is 0. The lowest BCUT2D eigenvalue weighted by Gasteiger charge is -2.21. The number of carbonyl (C=O) groups excluding carboxylic acids is 1. The molecule has 0 aromatic heterocycles. The second-order valence-electron chi connectivity index (χ2n) is 4.41. The zero-order valence-corrected chi connectivity index (χ0v) is 9.26. The number of hydrogen-bond acceptors (Lipinski definition) is 4. The smallest absolute Gasteiger partial charge is 0.328 e. The number of aliphatic hydroxyl groups excluding tert-OH is 1. The van der Waals surface area contributed by atoms with Crippen LogP contribution < -0.4 is 10.6 Å². The molecule has 2 rings (SSSR count). The van der Waals surface area contributed by atoms with Crippen molar-refractivity contribution in [3.63, 3.8) is 0 Å². The van der Waals surface area contributed by atoms with Crippen molar-refractivity contribution < 1.29 is 24.5 Å². The van der Waals surface area contributed by atoms with Crippen LogP contribution in [0, 0.1) is 0 Å². The molecule has 2 amide bonds. The third kappa shape index (κ3) is 2.67. The Hall–Kier alpha value is -1.34. The monoisotopic (exact) mass is 244 g/mol. The average molecular weight is 244 g/mol. The van der Waals surface area contributed by atoms with Gasteiger partial charge in [0.15, 0.2) is 6.04 Å². The molecule has 2 saturated heterocycles. The predicted molar refractivity (Wildman–Crippen MR) is 56.5 cm³/mol. The number of carboxylic acids is 1. The predicted octanol–water partition coefficient (Wildman–Crippen LogP) is -0.949. The molecule has 7 nitrogen and oxygen atoms in total. The van der Waals surface area contributed by atoms with Gasteiger partial charge in [-0.25, -0.2) is 9.59 Å². The van der Waals surface area contributed by atoms with Crippen LogP contribution in [0.15, 0.2) is 0 Å². The summed E-state index contributed by atoms with van der Waals surface area (Å²) >= 11 is 0. The molecule has 2 heterocycles. The summed E-state index contributed by atoms with van der Waals surface area (Å²) in [4.78, 5) is 22.1. The molecule has 2 aliphatic rings. The normalized spacial score (nSPS) is 32.2. The van der Waals surface area contributed by atoms with Gasteiger partial charge in [0.05, 0.1) is 24.9 Å². The fourth-order valence-corrected chi connectivity index (χ4v) is 2.34. The Bertz CT molecular complexity index is 322. The highest BCUT2D eigenvalue weighted by Crippen LogP contribution is 2.34. The van der Waals surface area contributed by atoms with Gasteiger partial charge >= 0.3 is 12.0 Å². The number of amides is 2. The molecule has 0 aromatic rings. The Morgan fingerprint density at radius 1 is 1.41 bits per heavy atom. The molecule has 0 spiro atoms. The number of carbonyl (C=O) groups is 2. The molecule has 7 heteroatoms. The molecule has 4 N–H and O–H groups in total. The van der Waals surface area contributed by atoms with Gasteiger partial charge in [0.25, 0.3) is 0 Å². The van der Waals surface area contributed by atoms with E-state index in [1.807, 2.05) is 0 Å². The van der Waals surface area contributed by atoms with Gasteiger partial charge in [-0.2, -0.15) is 0 Å². The topological polar surface area (TPSA) is 108 Å². The first-order chi connectivity index (χ1) is 8.10. The highest BCUT2D eigenvalue weighted by atomic mass is 16.5. The average Bonchev–Trinajstić information content (AvgIpc) is 2.87. The molecule has 2 aliphatic heterocycles. The minimum absolute atomic E-state index is 0.0446. The van der Waals surface area contributed by atoms with Gasteiger partial charge < -0.3 is 25.6 Å². The maximum absolute atomic E-state index is 11.5. The summed E-state index contributed by atoms with van der Waals surface area (Å²) < 4.78 is 5.56. The van der Waals surface area contributed by atoms with Gasteiger partial charge in [0.2, 0.25) is 0 Å². The lowest BCUT2D eigenvalue weighted by atomic mass is 9.96. The second-order valence-corrected chi connectivity index (χ2v) is 4.41. The Balaban J connectivity index is 1.79. The van der Waals surface area contributed by atoms with Crippen LogP contribution in [0.2, 0.25) is 0 Å². The van der Waals surface area contributed by atoms with E-state index in [0.717, 1.165) is 19.3 Å². The zero-order valence-electron chi connectivity index (χ0n) is 9.26. The van der Waals surface area contributed by atoms with Gasteiger partial charge in [-0.15, -0.1) is 0 Å². The van der Waals surface area contributed by atoms with Crippen molar-refractivity contribution in [3.05, 3.63) is 0 Å². The molecule has 3 unspecified atom stereocenters. The number of rotatable bonds is 4. The van der Waals surface area contributed by atoms with E-state index in [9.17, 15) is 9.59 Å². The van der Waals surface area contributed by atoms with Crippen molar-refractivity contribution >= 4 is 12.0 Å². The largest absolute Gasteiger partial charge is 0.480 e. The third-order valence-electron chi connectivity index (χ3n) is 3.21. The Labute approximate surface area is 98.1 Å². The van der Waals surface area contributed by atoms with E-state index in [1.54, 1.807) is 0 Å². The molecule has 17 heavy (non-hydrogen) atoms. The van der Waals surface area contributed by atoms with Crippen molar-refractivity contribution in [1.82, 2.24) is 10.6 Å². The summed E-state index contributed by atoms with van der Waals surface area (Å²) in [6.07, 6.45) is 2.99. The molecule has 0 aliphatic carbocycles.